The van der Waals surface area contributed by atoms with Crippen LogP contribution in [0.3, 0.4) is 0 Å². The van der Waals surface area contributed by atoms with Crippen molar-refractivity contribution in [1.29, 1.82) is 0 Å². The summed E-state index contributed by atoms with van der Waals surface area (Å²) in [6, 6.07) is 1.56. The lowest BCUT2D eigenvalue weighted by Crippen LogP contribution is -2.32. The van der Waals surface area contributed by atoms with Crippen LogP contribution in [0.15, 0.2) is 12.3 Å². The monoisotopic (exact) mass is 196 g/mol. The van der Waals surface area contributed by atoms with E-state index < -0.39 is 0 Å². The van der Waals surface area contributed by atoms with E-state index in [0.29, 0.717) is 0 Å². The second kappa shape index (κ2) is 3.75. The molecule has 0 unspecified atom stereocenters. The molecule has 0 spiro atoms. The first-order valence-electron chi connectivity index (χ1n) is 4.67. The van der Waals surface area contributed by atoms with E-state index in [-0.39, 0.29) is 16.8 Å². The summed E-state index contributed by atoms with van der Waals surface area (Å²) >= 11 is 0. The third-order valence-corrected chi connectivity index (χ3v) is 2.45. The molecule has 0 aliphatic carbocycles. The lowest BCUT2D eigenvalue weighted by molar-refractivity contribution is -0.393. The molecule has 0 amide bonds. The van der Waals surface area contributed by atoms with Crippen LogP contribution >= 0.6 is 0 Å². The van der Waals surface area contributed by atoms with Crippen LogP contribution in [0, 0.1) is 10.1 Å². The number of rotatable bonds is 2. The number of hydrogen-bond donors (Lipinski definition) is 1. The number of aromatic nitrogens is 2. The minimum absolute atomic E-state index is 0.0821. The summed E-state index contributed by atoms with van der Waals surface area (Å²) < 4.78 is 1.51. The molecule has 14 heavy (non-hydrogen) atoms. The lowest BCUT2D eigenvalue weighted by atomic mass is 10.1. The largest absolute Gasteiger partial charge is 0.358 e. The first kappa shape index (κ1) is 9.14. The normalized spacial score (nSPS) is 22.1. The predicted molar refractivity (Wildman–Crippen MR) is 50.0 cm³/mol. The summed E-state index contributed by atoms with van der Waals surface area (Å²) in [7, 11) is 0. The Labute approximate surface area is 81.1 Å². The number of nitro groups is 1. The Hall–Kier alpha value is -1.43. The van der Waals surface area contributed by atoms with Gasteiger partial charge in [0.2, 0.25) is 0 Å². The molecule has 1 saturated heterocycles. The molecule has 1 aliphatic heterocycles. The Morgan fingerprint density at radius 1 is 1.71 bits per heavy atom. The zero-order valence-corrected chi connectivity index (χ0v) is 7.72. The van der Waals surface area contributed by atoms with E-state index in [1.807, 2.05) is 0 Å². The van der Waals surface area contributed by atoms with Gasteiger partial charge in [-0.05, 0) is 24.3 Å². The van der Waals surface area contributed by atoms with Gasteiger partial charge in [-0.2, -0.15) is 0 Å². The van der Waals surface area contributed by atoms with E-state index in [1.165, 1.54) is 16.9 Å². The van der Waals surface area contributed by atoms with Gasteiger partial charge in [-0.15, -0.1) is 4.68 Å². The maximum Gasteiger partial charge on any atom is 0.345 e. The second-order valence-electron chi connectivity index (χ2n) is 3.39. The molecule has 1 atom stereocenters. The number of nitrogens with one attached hydrogen (secondary N) is 1. The highest BCUT2D eigenvalue weighted by atomic mass is 16.6. The fraction of sp³-hybridized carbons (Fsp3) is 0.625. The average molecular weight is 196 g/mol. The summed E-state index contributed by atoms with van der Waals surface area (Å²) in [5.74, 6) is 0.0821. The topological polar surface area (TPSA) is 73.0 Å². The lowest BCUT2D eigenvalue weighted by Gasteiger charge is -2.19. The predicted octanol–water partition coefficient (Wildman–Crippen LogP) is 0.716. The van der Waals surface area contributed by atoms with Gasteiger partial charge in [0.25, 0.3) is 0 Å². The van der Waals surface area contributed by atoms with Crippen molar-refractivity contribution in [3.05, 3.63) is 22.4 Å². The number of hydrogen-bond acceptors (Lipinski definition) is 4. The Bertz CT molecular complexity index is 330. The fourth-order valence-electron chi connectivity index (χ4n) is 1.78. The molecule has 0 bridgehead atoms. The molecule has 76 valence electrons. The number of nitrogens with zero attached hydrogens (tertiary/aromatic N) is 3. The van der Waals surface area contributed by atoms with Crippen LogP contribution in [0.2, 0.25) is 0 Å². The van der Waals surface area contributed by atoms with Crippen molar-refractivity contribution in [3.8, 4) is 0 Å². The quantitative estimate of drug-likeness (QED) is 0.558. The third-order valence-electron chi connectivity index (χ3n) is 2.45. The van der Waals surface area contributed by atoms with E-state index in [2.05, 4.69) is 10.4 Å². The SMILES string of the molecule is O=[N+]([O-])c1ccnn1[C@@H]1CCCNC1. The van der Waals surface area contributed by atoms with Crippen LogP contribution < -0.4 is 5.32 Å². The van der Waals surface area contributed by atoms with Crippen molar-refractivity contribution in [1.82, 2.24) is 15.1 Å². The van der Waals surface area contributed by atoms with Gasteiger partial charge in [-0.25, -0.2) is 0 Å². The van der Waals surface area contributed by atoms with Crippen molar-refractivity contribution >= 4 is 5.82 Å². The zero-order chi connectivity index (χ0) is 9.97. The van der Waals surface area contributed by atoms with E-state index in [9.17, 15) is 10.1 Å². The first-order chi connectivity index (χ1) is 6.79. The molecule has 0 radical (unpaired) electrons. The highest BCUT2D eigenvalue weighted by molar-refractivity contribution is 5.17. The van der Waals surface area contributed by atoms with E-state index in [0.717, 1.165) is 25.9 Å². The molecule has 2 heterocycles. The Balaban J connectivity index is 2.21. The van der Waals surface area contributed by atoms with Crippen LogP contribution in [0.5, 0.6) is 0 Å². The number of piperidine rings is 1. The Kier molecular flexibility index (Phi) is 2.45. The van der Waals surface area contributed by atoms with Crippen LogP contribution in [0.1, 0.15) is 18.9 Å². The zero-order valence-electron chi connectivity index (χ0n) is 7.72. The summed E-state index contributed by atoms with van der Waals surface area (Å²) in [6.07, 6.45) is 3.48. The molecule has 1 aromatic rings. The molecule has 1 fully saturated rings. The van der Waals surface area contributed by atoms with Gasteiger partial charge in [0.05, 0.1) is 12.3 Å². The third kappa shape index (κ3) is 1.60. The molecule has 6 heteroatoms. The Morgan fingerprint density at radius 3 is 3.21 bits per heavy atom. The summed E-state index contributed by atoms with van der Waals surface area (Å²) in [4.78, 5) is 10.3. The summed E-state index contributed by atoms with van der Waals surface area (Å²) in [5, 5.41) is 17.9. The van der Waals surface area contributed by atoms with Gasteiger partial charge in [0.1, 0.15) is 6.04 Å². The minimum Gasteiger partial charge on any atom is -0.358 e. The van der Waals surface area contributed by atoms with Crippen LogP contribution in [0.25, 0.3) is 0 Å². The second-order valence-corrected chi connectivity index (χ2v) is 3.39. The molecule has 0 saturated carbocycles. The Morgan fingerprint density at radius 2 is 2.57 bits per heavy atom. The maximum atomic E-state index is 10.6. The van der Waals surface area contributed by atoms with E-state index in [4.69, 9.17) is 0 Å². The summed E-state index contributed by atoms with van der Waals surface area (Å²) in [5.41, 5.74) is 0. The maximum absolute atomic E-state index is 10.6. The average Bonchev–Trinajstić information content (AvgIpc) is 2.67. The van der Waals surface area contributed by atoms with Crippen LogP contribution in [-0.4, -0.2) is 27.8 Å². The van der Waals surface area contributed by atoms with Gasteiger partial charge in [0.15, 0.2) is 0 Å². The standard InChI is InChI=1S/C8H12N4O2/c13-12(14)8-3-5-10-11(8)7-2-1-4-9-6-7/h3,5,7,9H,1-2,4,6H2/t7-/m1/s1. The molecular formula is C8H12N4O2. The molecule has 6 nitrogen and oxygen atoms in total. The highest BCUT2D eigenvalue weighted by Gasteiger charge is 2.25. The van der Waals surface area contributed by atoms with Crippen LogP contribution in [0.4, 0.5) is 5.82 Å². The molecule has 0 aromatic carbocycles. The van der Waals surface area contributed by atoms with E-state index in [1.54, 1.807) is 0 Å². The minimum atomic E-state index is -0.387. The molecule has 1 aromatic heterocycles. The van der Waals surface area contributed by atoms with Gasteiger partial charge in [-0.3, -0.25) is 0 Å². The van der Waals surface area contributed by atoms with Gasteiger partial charge in [0, 0.05) is 6.54 Å². The van der Waals surface area contributed by atoms with Crippen molar-refractivity contribution in [2.45, 2.75) is 18.9 Å². The van der Waals surface area contributed by atoms with Gasteiger partial charge >= 0.3 is 5.82 Å². The molecule has 1 aliphatic rings. The van der Waals surface area contributed by atoms with Gasteiger partial charge in [-0.1, -0.05) is 5.10 Å². The smallest absolute Gasteiger partial charge is 0.345 e. The van der Waals surface area contributed by atoms with Crippen molar-refractivity contribution in [2.75, 3.05) is 13.1 Å². The van der Waals surface area contributed by atoms with Crippen LogP contribution in [-0.2, 0) is 0 Å². The fourth-order valence-corrected chi connectivity index (χ4v) is 1.78. The highest BCUT2D eigenvalue weighted by Crippen LogP contribution is 2.21. The molecule has 1 N–H and O–H groups in total. The van der Waals surface area contributed by atoms with Crippen molar-refractivity contribution < 1.29 is 4.92 Å². The molecular weight excluding hydrogens is 184 g/mol. The van der Waals surface area contributed by atoms with Crippen molar-refractivity contribution in [3.63, 3.8) is 0 Å². The molecule has 2 rings (SSSR count). The summed E-state index contributed by atoms with van der Waals surface area (Å²) in [6.45, 7) is 1.76. The first-order valence-corrected chi connectivity index (χ1v) is 4.67. The van der Waals surface area contributed by atoms with E-state index >= 15 is 0 Å². The van der Waals surface area contributed by atoms with Crippen molar-refractivity contribution in [2.24, 2.45) is 0 Å². The van der Waals surface area contributed by atoms with Gasteiger partial charge < -0.3 is 15.4 Å².